The zero-order chi connectivity index (χ0) is 23.1. The van der Waals surface area contributed by atoms with Crippen molar-refractivity contribution in [3.63, 3.8) is 0 Å². The van der Waals surface area contributed by atoms with Crippen LogP contribution in [-0.2, 0) is 11.3 Å². The molecule has 1 amide bonds. The van der Waals surface area contributed by atoms with Gasteiger partial charge in [0.1, 0.15) is 38.8 Å². The fourth-order valence-corrected chi connectivity index (χ4v) is 2.78. The molecule has 156 valence electrons. The van der Waals surface area contributed by atoms with E-state index >= 15 is 0 Å². The van der Waals surface area contributed by atoms with E-state index in [1.165, 1.54) is 12.1 Å². The molecule has 0 aromatic heterocycles. The number of aliphatic imine (C=N–C) groups is 1. The maximum Gasteiger partial charge on any atom is 0.248 e. The molecule has 0 heterocycles. The lowest BCUT2D eigenvalue weighted by Gasteiger charge is -2.10. The number of aromatic hydroxyl groups is 1. The number of carbonyl (C=O) groups is 1. The number of nitrogens with one attached hydrogen (secondary N) is 1. The van der Waals surface area contributed by atoms with Gasteiger partial charge in [0.15, 0.2) is 0 Å². The highest BCUT2D eigenvalue weighted by Crippen LogP contribution is 2.21. The Morgan fingerprint density at radius 2 is 1.62 bits per heavy atom. The summed E-state index contributed by atoms with van der Waals surface area (Å²) in [4.78, 5) is 16.5. The van der Waals surface area contributed by atoms with E-state index in [0.717, 1.165) is 11.3 Å². The number of rotatable bonds is 8. The number of hydrogen-bond donors (Lipinski definition) is 3. The Morgan fingerprint density at radius 3 is 2.25 bits per heavy atom. The van der Waals surface area contributed by atoms with E-state index in [1.807, 2.05) is 54.6 Å². The van der Waals surface area contributed by atoms with Gasteiger partial charge in [-0.05, 0) is 29.8 Å². The normalized spacial score (nSPS) is 11.1. The number of amides is 1. The molecule has 4 radical (unpaired) electrons. The number of ether oxygens (including phenoxy) is 1. The molecule has 0 saturated heterocycles. The molecule has 0 fully saturated rings. The Bertz CT molecular complexity index is 1120. The molecule has 0 bridgehead atoms. The fraction of sp³-hybridized carbons (Fsp3) is 0.0833. The Hall–Kier alpha value is -3.93. The first-order valence-electron chi connectivity index (χ1n) is 9.79. The third kappa shape index (κ3) is 6.04. The van der Waals surface area contributed by atoms with Crippen LogP contribution in [0.2, 0.25) is 0 Å². The van der Waals surface area contributed by atoms with Gasteiger partial charge in [0.2, 0.25) is 5.91 Å². The quantitative estimate of drug-likeness (QED) is 0.222. The van der Waals surface area contributed by atoms with Crippen molar-refractivity contribution in [1.82, 2.24) is 5.32 Å². The second kappa shape index (κ2) is 10.4. The minimum atomic E-state index is -0.337. The number of nitrogens with two attached hydrogens (primary N) is 1. The van der Waals surface area contributed by atoms with Gasteiger partial charge in [-0.2, -0.15) is 0 Å². The number of nitrogens with zero attached hydrogens (tertiary/aromatic N) is 1. The van der Waals surface area contributed by atoms with Crippen molar-refractivity contribution in [2.75, 3.05) is 6.54 Å². The molecule has 3 aromatic carbocycles. The van der Waals surface area contributed by atoms with Gasteiger partial charge in [0, 0.05) is 17.7 Å². The van der Waals surface area contributed by atoms with Crippen molar-refractivity contribution in [2.24, 2.45) is 10.7 Å². The smallest absolute Gasteiger partial charge is 0.248 e. The van der Waals surface area contributed by atoms with Crippen LogP contribution in [0.5, 0.6) is 17.2 Å². The number of phenolic OH excluding ortho intramolecular Hbond substituents is 1. The number of hydrogen-bond acceptors (Lipinski definition) is 4. The molecule has 4 N–H and O–H groups in total. The zero-order valence-corrected chi connectivity index (χ0v) is 17.4. The Morgan fingerprint density at radius 1 is 1.03 bits per heavy atom. The van der Waals surface area contributed by atoms with Crippen LogP contribution in [0.3, 0.4) is 0 Å². The maximum atomic E-state index is 12.3. The fourth-order valence-electron chi connectivity index (χ4n) is 2.78. The average Bonchev–Trinajstić information content (AvgIpc) is 2.80. The van der Waals surface area contributed by atoms with Crippen LogP contribution < -0.4 is 26.7 Å². The Kier molecular flexibility index (Phi) is 7.39. The van der Waals surface area contributed by atoms with Gasteiger partial charge in [0.05, 0.1) is 6.54 Å². The highest BCUT2D eigenvalue weighted by atomic mass is 16.5. The molecule has 0 spiro atoms. The molecule has 3 aromatic rings. The van der Waals surface area contributed by atoms with Gasteiger partial charge in [0.25, 0.3) is 0 Å². The summed E-state index contributed by atoms with van der Waals surface area (Å²) in [7, 11) is 11.4. The Balaban J connectivity index is 1.51. The number of amidine groups is 1. The van der Waals surface area contributed by atoms with E-state index in [4.69, 9.17) is 26.2 Å². The van der Waals surface area contributed by atoms with E-state index in [9.17, 15) is 9.90 Å². The van der Waals surface area contributed by atoms with E-state index < -0.39 is 0 Å². The van der Waals surface area contributed by atoms with E-state index in [1.54, 1.807) is 0 Å². The van der Waals surface area contributed by atoms with Crippen LogP contribution in [0.15, 0.2) is 83.9 Å². The number of para-hydroxylation sites is 1. The molecule has 3 rings (SSSR count). The molecular weight excluding hydrogens is 400 g/mol. The second-order valence-corrected chi connectivity index (χ2v) is 7.05. The molecule has 6 nitrogen and oxygen atoms in total. The predicted molar refractivity (Wildman–Crippen MR) is 128 cm³/mol. The molecule has 0 saturated carbocycles. The van der Waals surface area contributed by atoms with Crippen molar-refractivity contribution in [2.45, 2.75) is 6.54 Å². The molecule has 0 unspecified atom stereocenters. The van der Waals surface area contributed by atoms with E-state index in [2.05, 4.69) is 16.9 Å². The summed E-state index contributed by atoms with van der Waals surface area (Å²) in [6.45, 7) is 4.09. The highest BCUT2D eigenvalue weighted by molar-refractivity contribution is 6.41. The summed E-state index contributed by atoms with van der Waals surface area (Å²) < 4.78 is 5.75. The zero-order valence-electron chi connectivity index (χ0n) is 17.4. The standard InChI is InChI=1S/C24H21B2N3O3/c1-15(13-28-23(27)17-11-20(25)22(30)21(26)12-17)24(31)29-14-16-7-9-19(10-8-16)32-18-5-3-2-4-6-18/h2-12,30H,1,13-14H2,(H2,27,28)(H,29,31). The molecule has 0 aliphatic rings. The summed E-state index contributed by atoms with van der Waals surface area (Å²) in [6, 6.07) is 19.8. The number of benzene rings is 3. The lowest BCUT2D eigenvalue weighted by molar-refractivity contribution is -0.117. The first kappa shape index (κ1) is 22.7. The van der Waals surface area contributed by atoms with Crippen LogP contribution >= 0.6 is 0 Å². The molecular formula is C24H21B2N3O3. The summed E-state index contributed by atoms with van der Waals surface area (Å²) in [6.07, 6.45) is 0. The van der Waals surface area contributed by atoms with Gasteiger partial charge in [-0.1, -0.05) is 60.0 Å². The number of phenols is 1. The van der Waals surface area contributed by atoms with Gasteiger partial charge in [-0.25, -0.2) is 0 Å². The van der Waals surface area contributed by atoms with Gasteiger partial charge in [-0.3, -0.25) is 9.79 Å². The average molecular weight is 421 g/mol. The van der Waals surface area contributed by atoms with Crippen LogP contribution in [0.25, 0.3) is 0 Å². The third-order valence-corrected chi connectivity index (χ3v) is 4.58. The SMILES string of the molecule is [B]c1cc(C(N)=NCC(=C)C(=O)NCc2ccc(Oc3ccccc3)cc2)cc([B])c1O. The van der Waals surface area contributed by atoms with Crippen molar-refractivity contribution in [3.05, 3.63) is 90.0 Å². The lowest BCUT2D eigenvalue weighted by Crippen LogP contribution is -2.26. The summed E-state index contributed by atoms with van der Waals surface area (Å²) in [5, 5.41) is 12.4. The van der Waals surface area contributed by atoms with Crippen molar-refractivity contribution in [1.29, 1.82) is 0 Å². The molecule has 0 aliphatic heterocycles. The molecule has 0 aliphatic carbocycles. The van der Waals surface area contributed by atoms with Crippen molar-refractivity contribution in [3.8, 4) is 17.2 Å². The minimum Gasteiger partial charge on any atom is -0.509 e. The van der Waals surface area contributed by atoms with Gasteiger partial charge in [-0.15, -0.1) is 0 Å². The van der Waals surface area contributed by atoms with Crippen molar-refractivity contribution < 1.29 is 14.6 Å². The minimum absolute atomic E-state index is 0.00219. The second-order valence-electron chi connectivity index (χ2n) is 7.05. The maximum absolute atomic E-state index is 12.3. The largest absolute Gasteiger partial charge is 0.509 e. The van der Waals surface area contributed by atoms with Crippen LogP contribution in [0, 0.1) is 0 Å². The first-order valence-corrected chi connectivity index (χ1v) is 9.79. The monoisotopic (exact) mass is 421 g/mol. The van der Waals surface area contributed by atoms with Gasteiger partial charge >= 0.3 is 0 Å². The van der Waals surface area contributed by atoms with Crippen LogP contribution in [0.4, 0.5) is 0 Å². The molecule has 32 heavy (non-hydrogen) atoms. The van der Waals surface area contributed by atoms with Gasteiger partial charge < -0.3 is 20.9 Å². The molecule has 0 atom stereocenters. The lowest BCUT2D eigenvalue weighted by atomic mass is 9.84. The third-order valence-electron chi connectivity index (χ3n) is 4.58. The topological polar surface area (TPSA) is 96.9 Å². The van der Waals surface area contributed by atoms with Crippen LogP contribution in [-0.4, -0.2) is 39.1 Å². The van der Waals surface area contributed by atoms with E-state index in [-0.39, 0.29) is 40.5 Å². The van der Waals surface area contributed by atoms with Crippen molar-refractivity contribution >= 4 is 38.4 Å². The van der Waals surface area contributed by atoms with Crippen LogP contribution in [0.1, 0.15) is 11.1 Å². The number of carbonyl (C=O) groups excluding carboxylic acids is 1. The summed E-state index contributed by atoms with van der Waals surface area (Å²) >= 11 is 0. The predicted octanol–water partition coefficient (Wildman–Crippen LogP) is 1.35. The van der Waals surface area contributed by atoms with E-state index in [0.29, 0.717) is 17.9 Å². The molecule has 8 heteroatoms. The summed E-state index contributed by atoms with van der Waals surface area (Å²) in [5.74, 6) is 1.05. The first-order chi connectivity index (χ1) is 15.3. The summed E-state index contributed by atoms with van der Waals surface area (Å²) in [5.41, 5.74) is 7.73. The Labute approximate surface area is 189 Å². The highest BCUT2D eigenvalue weighted by Gasteiger charge is 2.09.